The Morgan fingerprint density at radius 2 is 1.90 bits per heavy atom. The van der Waals surface area contributed by atoms with E-state index >= 15 is 0 Å². The van der Waals surface area contributed by atoms with Gasteiger partial charge in [0.2, 0.25) is 0 Å². The number of anilines is 1. The highest BCUT2D eigenvalue weighted by Gasteiger charge is 2.02. The average Bonchev–Trinajstić information content (AvgIpc) is 2.55. The Morgan fingerprint density at radius 1 is 1.10 bits per heavy atom. The van der Waals surface area contributed by atoms with Crippen LogP contribution in [0.3, 0.4) is 0 Å². The first kappa shape index (κ1) is 14.9. The second-order valence-corrected chi connectivity index (χ2v) is 4.88. The molecule has 4 heteroatoms. The van der Waals surface area contributed by atoms with Crippen LogP contribution < -0.4 is 5.32 Å². The second-order valence-electron chi connectivity index (χ2n) is 4.88. The van der Waals surface area contributed by atoms with Crippen molar-refractivity contribution in [1.82, 2.24) is 0 Å². The van der Waals surface area contributed by atoms with Gasteiger partial charge in [-0.25, -0.2) is 0 Å². The van der Waals surface area contributed by atoms with Crippen LogP contribution >= 0.6 is 0 Å². The predicted octanol–water partition coefficient (Wildman–Crippen LogP) is 4.52. The Hall–Kier alpha value is -2.49. The highest BCUT2D eigenvalue weighted by atomic mass is 16.3. The zero-order valence-electron chi connectivity index (χ0n) is 11.9. The van der Waals surface area contributed by atoms with Gasteiger partial charge in [0.1, 0.15) is 5.69 Å². The van der Waals surface area contributed by atoms with E-state index in [9.17, 15) is 4.91 Å². The molecular formula is C17H19N3O. The first-order valence-corrected chi connectivity index (χ1v) is 7.09. The highest BCUT2D eigenvalue weighted by Crippen LogP contribution is 2.21. The molecule has 0 unspecified atom stereocenters. The van der Waals surface area contributed by atoms with Crippen LogP contribution in [0.2, 0.25) is 0 Å². The summed E-state index contributed by atoms with van der Waals surface area (Å²) in [5, 5.41) is 13.6. The maximum Gasteiger partial charge on any atom is 0.110 e. The summed E-state index contributed by atoms with van der Waals surface area (Å²) in [6, 6.07) is 15.5. The third-order valence-electron chi connectivity index (χ3n) is 3.35. The lowest BCUT2D eigenvalue weighted by molar-refractivity contribution is 0.763. The predicted molar refractivity (Wildman–Crippen MR) is 87.7 cm³/mol. The van der Waals surface area contributed by atoms with Crippen LogP contribution in [0.25, 0.3) is 0 Å². The van der Waals surface area contributed by atoms with Crippen LogP contribution in [0.4, 0.5) is 11.4 Å². The summed E-state index contributed by atoms with van der Waals surface area (Å²) in [6.45, 7) is 0.815. The van der Waals surface area contributed by atoms with Gasteiger partial charge in [-0.3, -0.25) is 0 Å². The Balaban J connectivity index is 1.80. The lowest BCUT2D eigenvalue weighted by Gasteiger charge is -2.09. The summed E-state index contributed by atoms with van der Waals surface area (Å²) >= 11 is 0. The van der Waals surface area contributed by atoms with Gasteiger partial charge in [0.05, 0.1) is 0 Å². The zero-order valence-corrected chi connectivity index (χ0v) is 11.9. The molecule has 21 heavy (non-hydrogen) atoms. The maximum atomic E-state index is 10.6. The lowest BCUT2D eigenvalue weighted by Crippen LogP contribution is -2.04. The van der Waals surface area contributed by atoms with Crippen LogP contribution in [0, 0.1) is 10.3 Å². The van der Waals surface area contributed by atoms with E-state index in [1.54, 1.807) is 18.2 Å². The molecule has 2 aromatic carbocycles. The summed E-state index contributed by atoms with van der Waals surface area (Å²) in [5.41, 5.74) is 3.30. The van der Waals surface area contributed by atoms with Gasteiger partial charge in [0.25, 0.3) is 0 Å². The molecule has 0 spiro atoms. The monoisotopic (exact) mass is 281 g/mol. The van der Waals surface area contributed by atoms with Crippen molar-refractivity contribution in [2.45, 2.75) is 19.3 Å². The molecule has 0 radical (unpaired) electrons. The van der Waals surface area contributed by atoms with E-state index in [-0.39, 0.29) is 0 Å². The number of nitrogens with zero attached hydrogens (tertiary/aromatic N) is 1. The molecule has 0 saturated heterocycles. The topological polar surface area (TPSA) is 65.3 Å². The van der Waals surface area contributed by atoms with Crippen LogP contribution in [0.5, 0.6) is 0 Å². The smallest absolute Gasteiger partial charge is 0.110 e. The van der Waals surface area contributed by atoms with Crippen molar-refractivity contribution in [2.24, 2.45) is 5.18 Å². The van der Waals surface area contributed by atoms with Crippen molar-refractivity contribution >= 4 is 17.6 Å². The number of unbranched alkanes of at least 4 members (excludes halogenated alkanes) is 1. The van der Waals surface area contributed by atoms with Crippen LogP contribution in [0.15, 0.2) is 53.7 Å². The van der Waals surface area contributed by atoms with E-state index in [1.807, 2.05) is 6.07 Å². The van der Waals surface area contributed by atoms with Gasteiger partial charge in [-0.1, -0.05) is 30.3 Å². The van der Waals surface area contributed by atoms with Gasteiger partial charge >= 0.3 is 0 Å². The number of hydrogen-bond donors (Lipinski definition) is 2. The van der Waals surface area contributed by atoms with Crippen molar-refractivity contribution < 1.29 is 0 Å². The Morgan fingerprint density at radius 3 is 2.62 bits per heavy atom. The first-order valence-electron chi connectivity index (χ1n) is 7.09. The molecule has 0 bridgehead atoms. The summed E-state index contributed by atoms with van der Waals surface area (Å²) in [5.74, 6) is 0. The molecule has 0 aliphatic rings. The van der Waals surface area contributed by atoms with Gasteiger partial charge in [-0.05, 0) is 48.2 Å². The van der Waals surface area contributed by atoms with Crippen LogP contribution in [-0.2, 0) is 6.42 Å². The Kier molecular flexibility index (Phi) is 5.64. The zero-order chi connectivity index (χ0) is 14.9. The molecule has 108 valence electrons. The Bertz CT molecular complexity index is 596. The standard InChI is InChI=1S/C17H19N3O/c18-13-15-9-10-16(20-21)12-17(15)19-11-5-4-8-14-6-2-1-3-7-14/h1-3,6-7,9-10,12-13,18-19H,4-5,8,11H2. The third kappa shape index (κ3) is 4.53. The molecule has 4 nitrogen and oxygen atoms in total. The van der Waals surface area contributed by atoms with E-state index < -0.39 is 0 Å². The number of nitrogens with one attached hydrogen (secondary N) is 2. The number of rotatable bonds is 8. The van der Waals surface area contributed by atoms with Crippen molar-refractivity contribution in [3.8, 4) is 0 Å². The minimum atomic E-state index is 0.382. The third-order valence-corrected chi connectivity index (χ3v) is 3.35. The van der Waals surface area contributed by atoms with Gasteiger partial charge in [0, 0.05) is 24.0 Å². The molecule has 0 heterocycles. The fraction of sp³-hybridized carbons (Fsp3) is 0.235. The quantitative estimate of drug-likeness (QED) is 0.424. The summed E-state index contributed by atoms with van der Waals surface area (Å²) in [6.07, 6.45) is 4.48. The molecule has 0 aliphatic heterocycles. The van der Waals surface area contributed by atoms with E-state index in [0.717, 1.165) is 37.1 Å². The first-order chi connectivity index (χ1) is 10.3. The number of aryl methyl sites for hydroxylation is 1. The van der Waals surface area contributed by atoms with Gasteiger partial charge in [0.15, 0.2) is 0 Å². The fourth-order valence-corrected chi connectivity index (χ4v) is 2.20. The summed E-state index contributed by atoms with van der Waals surface area (Å²) in [7, 11) is 0. The van der Waals surface area contributed by atoms with Crippen molar-refractivity contribution in [2.75, 3.05) is 11.9 Å². The molecule has 0 amide bonds. The van der Waals surface area contributed by atoms with Crippen LogP contribution in [-0.4, -0.2) is 12.8 Å². The van der Waals surface area contributed by atoms with E-state index in [4.69, 9.17) is 5.41 Å². The normalized spacial score (nSPS) is 10.1. The molecule has 0 fully saturated rings. The second kappa shape index (κ2) is 7.94. The average molecular weight is 281 g/mol. The van der Waals surface area contributed by atoms with E-state index in [0.29, 0.717) is 5.69 Å². The van der Waals surface area contributed by atoms with Crippen molar-refractivity contribution in [3.05, 3.63) is 64.6 Å². The van der Waals surface area contributed by atoms with Gasteiger partial charge in [-0.2, -0.15) is 0 Å². The molecule has 2 aromatic rings. The largest absolute Gasteiger partial charge is 0.384 e. The minimum Gasteiger partial charge on any atom is -0.384 e. The highest BCUT2D eigenvalue weighted by molar-refractivity contribution is 5.86. The maximum absolute atomic E-state index is 10.6. The minimum absolute atomic E-state index is 0.382. The van der Waals surface area contributed by atoms with Gasteiger partial charge < -0.3 is 10.7 Å². The van der Waals surface area contributed by atoms with Gasteiger partial charge in [-0.15, -0.1) is 4.91 Å². The summed E-state index contributed by atoms with van der Waals surface area (Å²) in [4.78, 5) is 10.6. The van der Waals surface area contributed by atoms with Crippen molar-refractivity contribution in [1.29, 1.82) is 5.41 Å². The lowest BCUT2D eigenvalue weighted by atomic mass is 10.1. The molecular weight excluding hydrogens is 262 g/mol. The number of hydrogen-bond acceptors (Lipinski definition) is 4. The summed E-state index contributed by atoms with van der Waals surface area (Å²) < 4.78 is 0. The van der Waals surface area contributed by atoms with Crippen LogP contribution in [0.1, 0.15) is 24.0 Å². The molecule has 0 saturated carbocycles. The molecule has 2 N–H and O–H groups in total. The number of nitroso groups, excluding NO2 is 1. The fourth-order valence-electron chi connectivity index (χ4n) is 2.20. The molecule has 0 atom stereocenters. The SMILES string of the molecule is N=Cc1ccc(N=O)cc1NCCCCc1ccccc1. The molecule has 0 aliphatic carbocycles. The number of benzene rings is 2. The molecule has 0 aromatic heterocycles. The van der Waals surface area contributed by atoms with Crippen molar-refractivity contribution in [3.63, 3.8) is 0 Å². The molecule has 2 rings (SSSR count). The van der Waals surface area contributed by atoms with E-state index in [2.05, 4.69) is 34.8 Å². The van der Waals surface area contributed by atoms with E-state index in [1.165, 1.54) is 11.8 Å². The Labute approximate surface area is 124 Å².